The molecule has 0 saturated carbocycles. The van der Waals surface area contributed by atoms with Gasteiger partial charge in [-0.2, -0.15) is 4.68 Å². The molecule has 0 atom stereocenters. The van der Waals surface area contributed by atoms with Crippen molar-refractivity contribution in [3.8, 4) is 5.69 Å². The number of nitrogens with one attached hydrogen (secondary N) is 2. The fourth-order valence-electron chi connectivity index (χ4n) is 1.46. The third-order valence-electron chi connectivity index (χ3n) is 2.27. The maximum atomic E-state index is 11.6. The van der Waals surface area contributed by atoms with Crippen LogP contribution in [0.1, 0.15) is 10.6 Å². The largest absolute Gasteiger partial charge is 0.348 e. The van der Waals surface area contributed by atoms with Gasteiger partial charge in [0.2, 0.25) is 5.82 Å². The fourth-order valence-corrected chi connectivity index (χ4v) is 1.46. The summed E-state index contributed by atoms with van der Waals surface area (Å²) in [4.78, 5) is 35.2. The van der Waals surface area contributed by atoms with Gasteiger partial charge in [-0.05, 0) is 6.07 Å². The number of amides is 1. The van der Waals surface area contributed by atoms with E-state index in [4.69, 9.17) is 5.84 Å². The summed E-state index contributed by atoms with van der Waals surface area (Å²) in [5, 5.41) is 14.5. The van der Waals surface area contributed by atoms with Gasteiger partial charge in [0.25, 0.3) is 5.69 Å². The molecule has 0 bridgehead atoms. The highest BCUT2D eigenvalue weighted by Crippen LogP contribution is 2.19. The lowest BCUT2D eigenvalue weighted by atomic mass is 10.3. The summed E-state index contributed by atoms with van der Waals surface area (Å²) in [5.41, 5.74) is 0.647. The second-order valence-corrected chi connectivity index (χ2v) is 3.41. The van der Waals surface area contributed by atoms with Crippen LogP contribution in [0.15, 0.2) is 29.1 Å². The molecule has 0 radical (unpaired) electrons. The molecule has 0 fully saturated rings. The summed E-state index contributed by atoms with van der Waals surface area (Å²) in [6, 6.07) is 5.52. The summed E-state index contributed by atoms with van der Waals surface area (Å²) < 4.78 is 0.725. The molecule has 1 aromatic heterocycles. The summed E-state index contributed by atoms with van der Waals surface area (Å²) in [6.07, 6.45) is 0. The van der Waals surface area contributed by atoms with Crippen molar-refractivity contribution in [2.75, 3.05) is 0 Å². The molecule has 10 nitrogen and oxygen atoms in total. The van der Waals surface area contributed by atoms with E-state index >= 15 is 0 Å². The number of hydrogen-bond donors (Lipinski definition) is 3. The van der Waals surface area contributed by atoms with Gasteiger partial charge in [-0.15, -0.1) is 5.10 Å². The van der Waals surface area contributed by atoms with Crippen LogP contribution in [0.4, 0.5) is 5.69 Å². The third kappa shape index (κ3) is 2.19. The van der Waals surface area contributed by atoms with E-state index in [1.165, 1.54) is 24.3 Å². The molecule has 0 aliphatic rings. The van der Waals surface area contributed by atoms with Gasteiger partial charge < -0.3 is 0 Å². The van der Waals surface area contributed by atoms with E-state index in [-0.39, 0.29) is 17.2 Å². The molecule has 1 amide bonds. The van der Waals surface area contributed by atoms with Crippen LogP contribution in [0.5, 0.6) is 0 Å². The number of carbonyl (C=O) groups is 1. The van der Waals surface area contributed by atoms with E-state index in [0.29, 0.717) is 0 Å². The Kier molecular flexibility index (Phi) is 3.08. The second-order valence-electron chi connectivity index (χ2n) is 3.41. The van der Waals surface area contributed by atoms with Gasteiger partial charge in [-0.1, -0.05) is 12.1 Å². The molecule has 19 heavy (non-hydrogen) atoms. The van der Waals surface area contributed by atoms with E-state index < -0.39 is 16.5 Å². The SMILES string of the molecule is NNC(=O)c1nn(-c2ccccc2[N+](=O)[O-])c(=O)[nH]1. The number of benzene rings is 1. The van der Waals surface area contributed by atoms with Crippen molar-refractivity contribution in [1.82, 2.24) is 20.2 Å². The molecule has 10 heteroatoms. The van der Waals surface area contributed by atoms with Crippen molar-refractivity contribution in [2.24, 2.45) is 5.84 Å². The molecule has 4 N–H and O–H groups in total. The number of hydrogen-bond acceptors (Lipinski definition) is 6. The first-order valence-electron chi connectivity index (χ1n) is 4.98. The zero-order valence-electron chi connectivity index (χ0n) is 9.36. The van der Waals surface area contributed by atoms with Gasteiger partial charge in [0.1, 0.15) is 5.69 Å². The van der Waals surface area contributed by atoms with Gasteiger partial charge >= 0.3 is 11.6 Å². The van der Waals surface area contributed by atoms with Crippen LogP contribution >= 0.6 is 0 Å². The van der Waals surface area contributed by atoms with E-state index in [2.05, 4.69) is 10.1 Å². The predicted octanol–water partition coefficient (Wildman–Crippen LogP) is -0.928. The zero-order chi connectivity index (χ0) is 14.0. The number of para-hydroxylation sites is 2. The number of nitrogens with zero attached hydrogens (tertiary/aromatic N) is 3. The normalized spacial score (nSPS) is 10.2. The first-order valence-corrected chi connectivity index (χ1v) is 4.98. The molecule has 1 heterocycles. The smallest absolute Gasteiger partial charge is 0.287 e. The Morgan fingerprint density at radius 3 is 2.79 bits per heavy atom. The number of nitro benzene ring substituents is 1. The lowest BCUT2D eigenvalue weighted by Crippen LogP contribution is -2.31. The van der Waals surface area contributed by atoms with Gasteiger partial charge in [-0.25, -0.2) is 10.6 Å². The number of nitrogens with two attached hydrogens (primary N) is 1. The van der Waals surface area contributed by atoms with Crippen LogP contribution in [0.3, 0.4) is 0 Å². The Morgan fingerprint density at radius 1 is 1.47 bits per heavy atom. The van der Waals surface area contributed by atoms with Crippen LogP contribution in [-0.2, 0) is 0 Å². The van der Waals surface area contributed by atoms with Gasteiger partial charge in [0, 0.05) is 6.07 Å². The minimum atomic E-state index is -0.811. The Balaban J connectivity index is 2.60. The maximum Gasteiger partial charge on any atom is 0.348 e. The standard InChI is InChI=1S/C9H8N6O4/c10-12-8(16)7-11-9(17)14(13-7)5-3-1-2-4-6(5)15(18)19/h1-4H,10H2,(H,12,16)(H,11,13,17). The third-order valence-corrected chi connectivity index (χ3v) is 2.27. The van der Waals surface area contributed by atoms with Crippen molar-refractivity contribution in [1.29, 1.82) is 0 Å². The summed E-state index contributed by atoms with van der Waals surface area (Å²) in [5.74, 6) is 3.75. The highest BCUT2D eigenvalue weighted by atomic mass is 16.6. The maximum absolute atomic E-state index is 11.6. The van der Waals surface area contributed by atoms with E-state index in [0.717, 1.165) is 4.68 Å². The summed E-state index contributed by atoms with van der Waals surface area (Å²) in [7, 11) is 0. The molecule has 0 spiro atoms. The first-order chi connectivity index (χ1) is 9.04. The number of aromatic nitrogens is 3. The quantitative estimate of drug-likeness (QED) is 0.282. The van der Waals surface area contributed by atoms with E-state index in [1.54, 1.807) is 5.43 Å². The number of carbonyl (C=O) groups excluding carboxylic acids is 1. The van der Waals surface area contributed by atoms with Gasteiger partial charge in [0.15, 0.2) is 0 Å². The molecule has 0 aliphatic heterocycles. The van der Waals surface area contributed by atoms with Crippen molar-refractivity contribution in [3.63, 3.8) is 0 Å². The van der Waals surface area contributed by atoms with Crippen LogP contribution in [0.2, 0.25) is 0 Å². The van der Waals surface area contributed by atoms with Crippen LogP contribution in [0.25, 0.3) is 5.69 Å². The van der Waals surface area contributed by atoms with Crippen molar-refractivity contribution in [2.45, 2.75) is 0 Å². The highest BCUT2D eigenvalue weighted by Gasteiger charge is 2.19. The minimum absolute atomic E-state index is 0.0511. The Morgan fingerprint density at radius 2 is 2.16 bits per heavy atom. The molecular weight excluding hydrogens is 256 g/mol. The van der Waals surface area contributed by atoms with Crippen molar-refractivity contribution >= 4 is 11.6 Å². The Labute approximate surface area is 105 Å². The predicted molar refractivity (Wildman–Crippen MR) is 62.5 cm³/mol. The summed E-state index contributed by atoms with van der Waals surface area (Å²) >= 11 is 0. The molecule has 98 valence electrons. The number of nitro groups is 1. The zero-order valence-corrected chi connectivity index (χ0v) is 9.36. The molecule has 0 saturated heterocycles. The molecule has 0 aliphatic carbocycles. The highest BCUT2D eigenvalue weighted by molar-refractivity contribution is 5.89. The lowest BCUT2D eigenvalue weighted by Gasteiger charge is -2.00. The second kappa shape index (κ2) is 4.70. The van der Waals surface area contributed by atoms with E-state index in [9.17, 15) is 19.7 Å². The van der Waals surface area contributed by atoms with Crippen LogP contribution in [0, 0.1) is 10.1 Å². The monoisotopic (exact) mass is 264 g/mol. The van der Waals surface area contributed by atoms with Crippen LogP contribution in [-0.4, -0.2) is 25.6 Å². The molecule has 1 aromatic carbocycles. The summed E-state index contributed by atoms with van der Waals surface area (Å²) in [6.45, 7) is 0. The van der Waals surface area contributed by atoms with Crippen LogP contribution < -0.4 is 17.0 Å². The number of nitrogen functional groups attached to an aromatic ring is 1. The molecule has 2 rings (SSSR count). The number of aromatic amines is 1. The number of hydrazine groups is 1. The van der Waals surface area contributed by atoms with Gasteiger partial charge in [-0.3, -0.25) is 25.3 Å². The topological polar surface area (TPSA) is 149 Å². The average molecular weight is 264 g/mol. The average Bonchev–Trinajstić information content (AvgIpc) is 2.79. The van der Waals surface area contributed by atoms with Crippen molar-refractivity contribution in [3.05, 3.63) is 50.7 Å². The Bertz CT molecular complexity index is 703. The van der Waals surface area contributed by atoms with Crippen molar-refractivity contribution < 1.29 is 9.72 Å². The number of H-pyrrole nitrogens is 1. The minimum Gasteiger partial charge on any atom is -0.287 e. The number of rotatable bonds is 3. The van der Waals surface area contributed by atoms with Gasteiger partial charge in [0.05, 0.1) is 4.92 Å². The molecule has 2 aromatic rings. The Hall–Kier alpha value is -3.01. The lowest BCUT2D eigenvalue weighted by molar-refractivity contribution is -0.384. The first kappa shape index (κ1) is 12.4. The van der Waals surface area contributed by atoms with E-state index in [1.807, 2.05) is 0 Å². The molecule has 0 unspecified atom stereocenters. The fraction of sp³-hybridized carbons (Fsp3) is 0. The molecular formula is C9H8N6O4.